The molecule has 1 amide bonds. The molecular formula is C20H20N4OS. The van der Waals surface area contributed by atoms with Crippen LogP contribution in [0.25, 0.3) is 0 Å². The topological polar surface area (TPSA) is 66.9 Å². The second kappa shape index (κ2) is 8.49. The summed E-state index contributed by atoms with van der Waals surface area (Å²) in [6, 6.07) is 21.5. The Balaban J connectivity index is 1.76. The minimum absolute atomic E-state index is 0.159. The van der Waals surface area contributed by atoms with Crippen LogP contribution in [0, 0.1) is 13.8 Å². The molecule has 0 bridgehead atoms. The Kier molecular flexibility index (Phi) is 5.86. The molecule has 0 spiro atoms. The number of amides is 1. The highest BCUT2D eigenvalue weighted by atomic mass is 32.2. The third-order valence-electron chi connectivity index (χ3n) is 3.62. The van der Waals surface area contributed by atoms with Gasteiger partial charge in [0.05, 0.1) is 0 Å². The Morgan fingerprint density at radius 1 is 0.923 bits per heavy atom. The first-order valence-corrected chi connectivity index (χ1v) is 9.14. The number of hydrazine groups is 1. The van der Waals surface area contributed by atoms with E-state index in [4.69, 9.17) is 0 Å². The van der Waals surface area contributed by atoms with Crippen molar-refractivity contribution >= 4 is 23.6 Å². The maximum atomic E-state index is 12.8. The van der Waals surface area contributed by atoms with Crippen molar-refractivity contribution in [1.29, 1.82) is 0 Å². The number of carbonyl (C=O) groups is 1. The van der Waals surface area contributed by atoms with Crippen molar-refractivity contribution in [2.45, 2.75) is 24.0 Å². The van der Waals surface area contributed by atoms with E-state index in [-0.39, 0.29) is 5.91 Å². The largest absolute Gasteiger partial charge is 0.272 e. The molecule has 0 saturated carbocycles. The van der Waals surface area contributed by atoms with E-state index < -0.39 is 5.25 Å². The van der Waals surface area contributed by atoms with Crippen molar-refractivity contribution in [3.63, 3.8) is 0 Å². The van der Waals surface area contributed by atoms with Crippen LogP contribution in [-0.2, 0) is 4.79 Å². The van der Waals surface area contributed by atoms with Gasteiger partial charge in [0, 0.05) is 16.3 Å². The molecule has 26 heavy (non-hydrogen) atoms. The zero-order valence-corrected chi connectivity index (χ0v) is 15.5. The van der Waals surface area contributed by atoms with Crippen LogP contribution in [0.5, 0.6) is 0 Å². The van der Waals surface area contributed by atoms with Gasteiger partial charge in [0.1, 0.15) is 5.25 Å². The van der Waals surface area contributed by atoms with Crippen LogP contribution < -0.4 is 10.9 Å². The molecule has 2 aromatic carbocycles. The van der Waals surface area contributed by atoms with Gasteiger partial charge in [0.25, 0.3) is 5.91 Å². The number of hydrogen-bond donors (Lipinski definition) is 2. The minimum Gasteiger partial charge on any atom is -0.272 e. The maximum absolute atomic E-state index is 12.8. The first kappa shape index (κ1) is 17.9. The maximum Gasteiger partial charge on any atom is 0.256 e. The lowest BCUT2D eigenvalue weighted by molar-refractivity contribution is -0.120. The van der Waals surface area contributed by atoms with Gasteiger partial charge in [-0.15, -0.1) is 11.8 Å². The summed E-state index contributed by atoms with van der Waals surface area (Å²) >= 11 is 1.50. The molecule has 0 saturated heterocycles. The molecule has 3 rings (SSSR count). The lowest BCUT2D eigenvalue weighted by atomic mass is 10.1. The lowest BCUT2D eigenvalue weighted by Gasteiger charge is -2.17. The lowest BCUT2D eigenvalue weighted by Crippen LogP contribution is -2.33. The number of nitrogens with zero attached hydrogens (tertiary/aromatic N) is 2. The number of aromatic nitrogens is 2. The highest BCUT2D eigenvalue weighted by Gasteiger charge is 2.22. The van der Waals surface area contributed by atoms with E-state index in [1.807, 2.05) is 80.6 Å². The second-order valence-electron chi connectivity index (χ2n) is 5.81. The molecule has 1 aromatic heterocycles. The number of benzene rings is 2. The number of thioether (sulfide) groups is 1. The first-order valence-electron chi connectivity index (χ1n) is 8.26. The van der Waals surface area contributed by atoms with Gasteiger partial charge in [-0.1, -0.05) is 48.5 Å². The fourth-order valence-electron chi connectivity index (χ4n) is 2.50. The molecule has 0 aliphatic rings. The quantitative estimate of drug-likeness (QED) is 0.510. The highest BCUT2D eigenvalue weighted by Crippen LogP contribution is 2.35. The van der Waals surface area contributed by atoms with Crippen LogP contribution in [0.4, 0.5) is 5.95 Å². The normalized spacial score (nSPS) is 11.6. The van der Waals surface area contributed by atoms with E-state index in [9.17, 15) is 4.79 Å². The predicted octanol–water partition coefficient (Wildman–Crippen LogP) is 4.07. The molecule has 1 unspecified atom stereocenters. The van der Waals surface area contributed by atoms with E-state index in [0.29, 0.717) is 5.95 Å². The van der Waals surface area contributed by atoms with Crippen LogP contribution in [0.2, 0.25) is 0 Å². The number of nitrogens with one attached hydrogen (secondary N) is 2. The molecule has 0 aliphatic heterocycles. The standard InChI is InChI=1S/C20H20N4OS/c1-14-13-15(2)22-20(21-14)24-23-19(25)18(16-9-5-3-6-10-16)26-17-11-7-4-8-12-17/h3-13,18H,1-2H3,(H,23,25)(H,21,22,24). The molecule has 132 valence electrons. The number of anilines is 1. The summed E-state index contributed by atoms with van der Waals surface area (Å²) in [4.78, 5) is 22.4. The number of hydrogen-bond acceptors (Lipinski definition) is 5. The van der Waals surface area contributed by atoms with E-state index in [1.165, 1.54) is 11.8 Å². The summed E-state index contributed by atoms with van der Waals surface area (Å²) in [5.41, 5.74) is 8.18. The van der Waals surface area contributed by atoms with E-state index in [0.717, 1.165) is 21.8 Å². The average Bonchev–Trinajstić information content (AvgIpc) is 2.65. The molecule has 0 fully saturated rings. The van der Waals surface area contributed by atoms with Crippen molar-refractivity contribution in [2.75, 3.05) is 5.43 Å². The Morgan fingerprint density at radius 2 is 1.50 bits per heavy atom. The molecule has 0 aliphatic carbocycles. The van der Waals surface area contributed by atoms with Gasteiger partial charge < -0.3 is 0 Å². The summed E-state index contributed by atoms with van der Waals surface area (Å²) in [5, 5.41) is -0.392. The fraction of sp³-hybridized carbons (Fsp3) is 0.150. The van der Waals surface area contributed by atoms with Crippen LogP contribution in [-0.4, -0.2) is 15.9 Å². The van der Waals surface area contributed by atoms with E-state index in [2.05, 4.69) is 20.8 Å². The summed E-state index contributed by atoms with van der Waals surface area (Å²) in [6.45, 7) is 3.78. The third-order valence-corrected chi connectivity index (χ3v) is 4.88. The minimum atomic E-state index is -0.392. The van der Waals surface area contributed by atoms with Crippen molar-refractivity contribution in [1.82, 2.24) is 15.4 Å². The Labute approximate surface area is 157 Å². The van der Waals surface area contributed by atoms with Crippen LogP contribution in [0.1, 0.15) is 22.2 Å². The first-order chi connectivity index (χ1) is 12.6. The Bertz CT molecular complexity index is 851. The Hall–Kier alpha value is -2.86. The monoisotopic (exact) mass is 364 g/mol. The van der Waals surface area contributed by atoms with Gasteiger partial charge in [0.2, 0.25) is 5.95 Å². The highest BCUT2D eigenvalue weighted by molar-refractivity contribution is 8.00. The van der Waals surface area contributed by atoms with Crippen LogP contribution >= 0.6 is 11.8 Å². The van der Waals surface area contributed by atoms with Gasteiger partial charge in [-0.2, -0.15) is 0 Å². The molecule has 1 atom stereocenters. The summed E-state index contributed by atoms with van der Waals surface area (Å²) in [7, 11) is 0. The van der Waals surface area contributed by atoms with Gasteiger partial charge in [-0.05, 0) is 37.6 Å². The van der Waals surface area contributed by atoms with Gasteiger partial charge >= 0.3 is 0 Å². The second-order valence-corrected chi connectivity index (χ2v) is 6.99. The third kappa shape index (κ3) is 4.83. The Morgan fingerprint density at radius 3 is 2.12 bits per heavy atom. The van der Waals surface area contributed by atoms with Gasteiger partial charge in [-0.25, -0.2) is 9.97 Å². The summed E-state index contributed by atoms with van der Waals surface area (Å²) in [5.74, 6) is 0.222. The molecule has 6 heteroatoms. The smallest absolute Gasteiger partial charge is 0.256 e. The molecule has 1 heterocycles. The zero-order chi connectivity index (χ0) is 18.4. The SMILES string of the molecule is Cc1cc(C)nc(NNC(=O)C(Sc2ccccc2)c2ccccc2)n1. The summed E-state index contributed by atoms with van der Waals surface area (Å²) in [6.07, 6.45) is 0. The molecule has 0 radical (unpaired) electrons. The zero-order valence-electron chi connectivity index (χ0n) is 14.6. The molecular weight excluding hydrogens is 344 g/mol. The van der Waals surface area contributed by atoms with Crippen molar-refractivity contribution in [2.24, 2.45) is 0 Å². The fourth-order valence-corrected chi connectivity index (χ4v) is 3.55. The molecule has 3 aromatic rings. The van der Waals surface area contributed by atoms with Gasteiger partial charge in [-0.3, -0.25) is 15.6 Å². The number of aryl methyl sites for hydroxylation is 2. The van der Waals surface area contributed by atoms with Gasteiger partial charge in [0.15, 0.2) is 0 Å². The number of rotatable bonds is 6. The number of carbonyl (C=O) groups excluding carboxylic acids is 1. The molecule has 2 N–H and O–H groups in total. The van der Waals surface area contributed by atoms with Crippen molar-refractivity contribution in [3.05, 3.63) is 83.7 Å². The average molecular weight is 364 g/mol. The molecule has 5 nitrogen and oxygen atoms in total. The van der Waals surface area contributed by atoms with Crippen molar-refractivity contribution < 1.29 is 4.79 Å². The van der Waals surface area contributed by atoms with E-state index in [1.54, 1.807) is 0 Å². The van der Waals surface area contributed by atoms with Crippen LogP contribution in [0.3, 0.4) is 0 Å². The summed E-state index contributed by atoms with van der Waals surface area (Å²) < 4.78 is 0. The predicted molar refractivity (Wildman–Crippen MR) is 105 cm³/mol. The van der Waals surface area contributed by atoms with Crippen molar-refractivity contribution in [3.8, 4) is 0 Å². The van der Waals surface area contributed by atoms with E-state index >= 15 is 0 Å². The van der Waals surface area contributed by atoms with Crippen LogP contribution in [0.15, 0.2) is 71.6 Å².